The summed E-state index contributed by atoms with van der Waals surface area (Å²) in [6, 6.07) is 8.57. The molecular weight excluding hydrogens is 300 g/mol. The van der Waals surface area contributed by atoms with Gasteiger partial charge in [-0.2, -0.15) is 0 Å². The van der Waals surface area contributed by atoms with Crippen LogP contribution in [0.4, 0.5) is 0 Å². The zero-order valence-corrected chi connectivity index (χ0v) is 13.2. The van der Waals surface area contributed by atoms with Gasteiger partial charge < -0.3 is 14.2 Å². The number of carbonyl (C=O) groups is 3. The smallest absolute Gasteiger partial charge is 0.333 e. The molecule has 1 aromatic carbocycles. The van der Waals surface area contributed by atoms with Crippen molar-refractivity contribution in [1.82, 2.24) is 0 Å². The van der Waals surface area contributed by atoms with Gasteiger partial charge in [0.1, 0.15) is 5.75 Å². The van der Waals surface area contributed by atoms with Crippen molar-refractivity contribution in [2.45, 2.75) is 19.8 Å². The zero-order valence-electron chi connectivity index (χ0n) is 13.2. The van der Waals surface area contributed by atoms with E-state index in [1.807, 2.05) is 0 Å². The van der Waals surface area contributed by atoms with Gasteiger partial charge in [-0.25, -0.2) is 4.79 Å². The van der Waals surface area contributed by atoms with Crippen molar-refractivity contribution in [1.29, 1.82) is 0 Å². The molecule has 0 aromatic heterocycles. The first-order chi connectivity index (χ1) is 10.9. The molecule has 23 heavy (non-hydrogen) atoms. The number of methoxy groups -OCH3 is 1. The average Bonchev–Trinajstić information content (AvgIpc) is 2.52. The quantitative estimate of drug-likeness (QED) is 0.415. The predicted molar refractivity (Wildman–Crippen MR) is 82.6 cm³/mol. The molecule has 1 aromatic rings. The summed E-state index contributed by atoms with van der Waals surface area (Å²) < 4.78 is 14.8. The first-order valence-electron chi connectivity index (χ1n) is 7.07. The van der Waals surface area contributed by atoms with Gasteiger partial charge >= 0.3 is 17.9 Å². The molecule has 0 bridgehead atoms. The Hall–Kier alpha value is -2.63. The van der Waals surface area contributed by atoms with Gasteiger partial charge in [0.25, 0.3) is 0 Å². The Balaban J connectivity index is 2.60. The van der Waals surface area contributed by atoms with Gasteiger partial charge in [-0.05, 0) is 19.1 Å². The molecule has 0 heterocycles. The summed E-state index contributed by atoms with van der Waals surface area (Å²) in [7, 11) is 1.25. The highest BCUT2D eigenvalue weighted by Crippen LogP contribution is 2.15. The third-order valence-corrected chi connectivity index (χ3v) is 2.91. The molecule has 0 saturated carbocycles. The maximum Gasteiger partial charge on any atom is 0.333 e. The van der Waals surface area contributed by atoms with Crippen LogP contribution in [0.25, 0.3) is 0 Å². The van der Waals surface area contributed by atoms with E-state index in [9.17, 15) is 14.4 Å². The molecule has 0 aliphatic heterocycles. The van der Waals surface area contributed by atoms with Crippen LogP contribution in [-0.2, 0) is 23.9 Å². The first-order valence-corrected chi connectivity index (χ1v) is 7.07. The van der Waals surface area contributed by atoms with E-state index in [4.69, 9.17) is 9.47 Å². The van der Waals surface area contributed by atoms with Crippen LogP contribution in [0, 0.1) is 5.92 Å². The molecule has 0 spiro atoms. The lowest BCUT2D eigenvalue weighted by molar-refractivity contribution is -0.148. The first kappa shape index (κ1) is 18.4. The minimum Gasteiger partial charge on any atom is -0.469 e. The van der Waals surface area contributed by atoms with Crippen LogP contribution >= 0.6 is 0 Å². The molecule has 0 aliphatic carbocycles. The molecule has 0 radical (unpaired) electrons. The summed E-state index contributed by atoms with van der Waals surface area (Å²) in [6.45, 7) is 4.89. The Morgan fingerprint density at radius 2 is 1.70 bits per heavy atom. The maximum absolute atomic E-state index is 11.9. The van der Waals surface area contributed by atoms with E-state index in [0.717, 1.165) is 0 Å². The summed E-state index contributed by atoms with van der Waals surface area (Å²) >= 11 is 0. The van der Waals surface area contributed by atoms with Crippen molar-refractivity contribution in [2.75, 3.05) is 13.7 Å². The van der Waals surface area contributed by atoms with Crippen molar-refractivity contribution < 1.29 is 28.6 Å². The molecule has 6 nitrogen and oxygen atoms in total. The fourth-order valence-electron chi connectivity index (χ4n) is 1.72. The van der Waals surface area contributed by atoms with Crippen molar-refractivity contribution in [2.24, 2.45) is 5.92 Å². The molecule has 1 unspecified atom stereocenters. The lowest BCUT2D eigenvalue weighted by Gasteiger charge is -2.15. The summed E-state index contributed by atoms with van der Waals surface area (Å²) in [5, 5.41) is 0. The number of ether oxygens (including phenoxy) is 3. The van der Waals surface area contributed by atoms with E-state index in [2.05, 4.69) is 11.3 Å². The standard InChI is InChI=1S/C17H20O6/c1-12(2)17(20)22-11-13(9-15(18)21-3)10-16(19)23-14-7-5-4-6-8-14/h4-8,13H,1,9-11H2,2-3H3. The van der Waals surface area contributed by atoms with Crippen LogP contribution < -0.4 is 4.74 Å². The van der Waals surface area contributed by atoms with Gasteiger partial charge in [0, 0.05) is 11.5 Å². The van der Waals surface area contributed by atoms with Crippen LogP contribution in [0.2, 0.25) is 0 Å². The minimum atomic E-state index is -0.573. The fourth-order valence-corrected chi connectivity index (χ4v) is 1.72. The number of esters is 3. The van der Waals surface area contributed by atoms with E-state index in [-0.39, 0.29) is 25.0 Å². The molecule has 124 valence electrons. The molecule has 0 fully saturated rings. The molecule has 0 N–H and O–H groups in total. The number of rotatable bonds is 8. The lowest BCUT2D eigenvalue weighted by atomic mass is 10.0. The normalized spacial score (nSPS) is 11.2. The summed E-state index contributed by atoms with van der Waals surface area (Å²) in [6.07, 6.45) is -0.128. The van der Waals surface area contributed by atoms with Crippen LogP contribution in [0.3, 0.4) is 0 Å². The van der Waals surface area contributed by atoms with Gasteiger partial charge in [-0.3, -0.25) is 9.59 Å². The largest absolute Gasteiger partial charge is 0.469 e. The van der Waals surface area contributed by atoms with Crippen molar-refractivity contribution in [3.63, 3.8) is 0 Å². The zero-order chi connectivity index (χ0) is 17.2. The average molecular weight is 320 g/mol. The predicted octanol–water partition coefficient (Wildman–Crippen LogP) is 2.28. The molecule has 0 amide bonds. The number of hydrogen-bond acceptors (Lipinski definition) is 6. The van der Waals surface area contributed by atoms with Gasteiger partial charge in [0.15, 0.2) is 0 Å². The van der Waals surface area contributed by atoms with Crippen molar-refractivity contribution >= 4 is 17.9 Å². The second-order valence-corrected chi connectivity index (χ2v) is 5.02. The number of para-hydroxylation sites is 1. The third-order valence-electron chi connectivity index (χ3n) is 2.91. The van der Waals surface area contributed by atoms with Crippen LogP contribution in [0.15, 0.2) is 42.5 Å². The summed E-state index contributed by atoms with van der Waals surface area (Å²) in [5.74, 6) is -1.70. The Bertz CT molecular complexity index is 564. The van der Waals surface area contributed by atoms with Crippen LogP contribution in [-0.4, -0.2) is 31.6 Å². The highest BCUT2D eigenvalue weighted by atomic mass is 16.5. The molecule has 0 aliphatic rings. The second-order valence-electron chi connectivity index (χ2n) is 5.02. The lowest BCUT2D eigenvalue weighted by Crippen LogP contribution is -2.23. The molecule has 1 atom stereocenters. The SMILES string of the molecule is C=C(C)C(=O)OCC(CC(=O)OC)CC(=O)Oc1ccccc1. The van der Waals surface area contributed by atoms with E-state index in [0.29, 0.717) is 5.75 Å². The fraction of sp³-hybridized carbons (Fsp3) is 0.353. The van der Waals surface area contributed by atoms with E-state index in [1.165, 1.54) is 14.0 Å². The topological polar surface area (TPSA) is 78.9 Å². The number of benzene rings is 1. The van der Waals surface area contributed by atoms with Crippen molar-refractivity contribution in [3.8, 4) is 5.75 Å². The van der Waals surface area contributed by atoms with Crippen molar-refractivity contribution in [3.05, 3.63) is 42.5 Å². The van der Waals surface area contributed by atoms with E-state index >= 15 is 0 Å². The van der Waals surface area contributed by atoms with E-state index < -0.39 is 23.8 Å². The highest BCUT2D eigenvalue weighted by Gasteiger charge is 2.21. The van der Waals surface area contributed by atoms with Gasteiger partial charge in [-0.15, -0.1) is 0 Å². The number of hydrogen-bond donors (Lipinski definition) is 0. The minimum absolute atomic E-state index is 0.0517. The Kier molecular flexibility index (Phi) is 7.53. The van der Waals surface area contributed by atoms with Crippen LogP contribution in [0.1, 0.15) is 19.8 Å². The maximum atomic E-state index is 11.9. The molecule has 0 saturated heterocycles. The second kappa shape index (κ2) is 9.40. The van der Waals surface area contributed by atoms with Crippen LogP contribution in [0.5, 0.6) is 5.75 Å². The Morgan fingerprint density at radius 1 is 1.09 bits per heavy atom. The van der Waals surface area contributed by atoms with Gasteiger partial charge in [0.2, 0.25) is 0 Å². The molecule has 1 rings (SSSR count). The van der Waals surface area contributed by atoms with E-state index in [1.54, 1.807) is 30.3 Å². The Labute approximate surface area is 135 Å². The number of carbonyl (C=O) groups excluding carboxylic acids is 3. The van der Waals surface area contributed by atoms with Gasteiger partial charge in [0.05, 0.1) is 26.6 Å². The summed E-state index contributed by atoms with van der Waals surface area (Å²) in [5.41, 5.74) is 0.244. The monoisotopic (exact) mass is 320 g/mol. The molecule has 6 heteroatoms. The highest BCUT2D eigenvalue weighted by molar-refractivity contribution is 5.87. The van der Waals surface area contributed by atoms with Gasteiger partial charge in [-0.1, -0.05) is 24.8 Å². The molecular formula is C17H20O6. The Morgan fingerprint density at radius 3 is 2.26 bits per heavy atom. The summed E-state index contributed by atoms with van der Waals surface area (Å²) in [4.78, 5) is 34.8. The third kappa shape index (κ3) is 7.26.